The molecule has 0 fully saturated rings. The van der Waals surface area contributed by atoms with Gasteiger partial charge in [0, 0.05) is 19.3 Å². The van der Waals surface area contributed by atoms with Gasteiger partial charge in [0.25, 0.3) is 0 Å². The number of nitrogens with zero attached hydrogens (tertiary/aromatic N) is 1. The van der Waals surface area contributed by atoms with Gasteiger partial charge in [-0.2, -0.15) is 0 Å². The Hall–Kier alpha value is -2.07. The lowest BCUT2D eigenvalue weighted by Gasteiger charge is -2.13. The highest BCUT2D eigenvalue weighted by molar-refractivity contribution is 5.43. The number of unbranched alkanes of at least 4 members (excludes halogenated alkanes) is 2. The third kappa shape index (κ3) is 5.53. The van der Waals surface area contributed by atoms with Crippen molar-refractivity contribution in [2.45, 2.75) is 46.2 Å². The molecular formula is C20H28N2O2. The number of aromatic nitrogens is 1. The fourth-order valence-electron chi connectivity index (χ4n) is 2.51. The Morgan fingerprint density at radius 1 is 1.08 bits per heavy atom. The number of rotatable bonds is 10. The van der Waals surface area contributed by atoms with E-state index >= 15 is 0 Å². The van der Waals surface area contributed by atoms with Crippen molar-refractivity contribution in [1.82, 2.24) is 10.3 Å². The van der Waals surface area contributed by atoms with Gasteiger partial charge in [-0.25, -0.2) is 0 Å². The maximum atomic E-state index is 5.89. The SMILES string of the molecule is CCCCCOc1cc(CNCc2ncccc2C)ccc1OC. The first-order valence-corrected chi connectivity index (χ1v) is 8.65. The summed E-state index contributed by atoms with van der Waals surface area (Å²) >= 11 is 0. The highest BCUT2D eigenvalue weighted by Crippen LogP contribution is 2.28. The molecule has 0 atom stereocenters. The molecule has 130 valence electrons. The Morgan fingerprint density at radius 2 is 1.96 bits per heavy atom. The first-order valence-electron chi connectivity index (χ1n) is 8.65. The van der Waals surface area contributed by atoms with Gasteiger partial charge in [-0.15, -0.1) is 0 Å². The van der Waals surface area contributed by atoms with Gasteiger partial charge in [-0.1, -0.05) is 31.9 Å². The first kappa shape index (κ1) is 18.3. The van der Waals surface area contributed by atoms with Crippen LogP contribution in [0.15, 0.2) is 36.5 Å². The van der Waals surface area contributed by atoms with Crippen molar-refractivity contribution in [3.05, 3.63) is 53.3 Å². The van der Waals surface area contributed by atoms with Crippen molar-refractivity contribution < 1.29 is 9.47 Å². The number of hydrogen-bond acceptors (Lipinski definition) is 4. The molecule has 1 N–H and O–H groups in total. The number of hydrogen-bond donors (Lipinski definition) is 1. The number of nitrogens with one attached hydrogen (secondary N) is 1. The molecule has 0 spiro atoms. The molecule has 2 aromatic rings. The van der Waals surface area contributed by atoms with E-state index in [9.17, 15) is 0 Å². The van der Waals surface area contributed by atoms with E-state index < -0.39 is 0 Å². The van der Waals surface area contributed by atoms with Crippen molar-refractivity contribution in [3.63, 3.8) is 0 Å². The maximum Gasteiger partial charge on any atom is 0.161 e. The van der Waals surface area contributed by atoms with Crippen LogP contribution in [0.5, 0.6) is 11.5 Å². The lowest BCUT2D eigenvalue weighted by molar-refractivity contribution is 0.285. The minimum absolute atomic E-state index is 0.730. The van der Waals surface area contributed by atoms with Crippen molar-refractivity contribution in [1.29, 1.82) is 0 Å². The highest BCUT2D eigenvalue weighted by atomic mass is 16.5. The molecule has 0 saturated carbocycles. The molecule has 1 aromatic carbocycles. The predicted octanol–water partition coefficient (Wildman–Crippen LogP) is 4.26. The summed E-state index contributed by atoms with van der Waals surface area (Å²) in [5, 5.41) is 3.44. The minimum Gasteiger partial charge on any atom is -0.493 e. The molecule has 4 nitrogen and oxygen atoms in total. The molecule has 0 saturated heterocycles. The summed E-state index contributed by atoms with van der Waals surface area (Å²) in [5.74, 6) is 1.61. The minimum atomic E-state index is 0.730. The van der Waals surface area contributed by atoms with Crippen LogP contribution in [0.3, 0.4) is 0 Å². The molecule has 0 radical (unpaired) electrons. The molecule has 1 heterocycles. The predicted molar refractivity (Wildman–Crippen MR) is 97.5 cm³/mol. The van der Waals surface area contributed by atoms with Crippen molar-refractivity contribution in [2.24, 2.45) is 0 Å². The second-order valence-corrected chi connectivity index (χ2v) is 5.91. The van der Waals surface area contributed by atoms with Crippen LogP contribution in [0.2, 0.25) is 0 Å². The van der Waals surface area contributed by atoms with Gasteiger partial charge >= 0.3 is 0 Å². The molecule has 0 aliphatic heterocycles. The fourth-order valence-corrected chi connectivity index (χ4v) is 2.51. The summed E-state index contributed by atoms with van der Waals surface area (Å²) in [6.45, 7) is 6.53. The Morgan fingerprint density at radius 3 is 2.71 bits per heavy atom. The Bertz CT molecular complexity index is 629. The molecule has 0 unspecified atom stereocenters. The topological polar surface area (TPSA) is 43.4 Å². The lowest BCUT2D eigenvalue weighted by Crippen LogP contribution is -2.14. The van der Waals surface area contributed by atoms with Gasteiger partial charge in [-0.3, -0.25) is 4.98 Å². The van der Waals surface area contributed by atoms with E-state index in [1.165, 1.54) is 24.0 Å². The first-order chi connectivity index (χ1) is 11.7. The second kappa shape index (κ2) is 9.93. The van der Waals surface area contributed by atoms with Crippen LogP contribution < -0.4 is 14.8 Å². The Balaban J connectivity index is 1.91. The second-order valence-electron chi connectivity index (χ2n) is 5.91. The summed E-state index contributed by atoms with van der Waals surface area (Å²) in [4.78, 5) is 4.41. The molecule has 0 aliphatic carbocycles. The number of aryl methyl sites for hydroxylation is 1. The monoisotopic (exact) mass is 328 g/mol. The summed E-state index contributed by atoms with van der Waals surface area (Å²) in [6.07, 6.45) is 5.28. The summed E-state index contributed by atoms with van der Waals surface area (Å²) < 4.78 is 11.3. The number of methoxy groups -OCH3 is 1. The van der Waals surface area contributed by atoms with E-state index in [1.54, 1.807) is 7.11 Å². The molecule has 1 aromatic heterocycles. The number of benzene rings is 1. The largest absolute Gasteiger partial charge is 0.493 e. The van der Waals surface area contributed by atoms with Crippen LogP contribution in [0.4, 0.5) is 0 Å². The molecule has 0 aliphatic rings. The van der Waals surface area contributed by atoms with Gasteiger partial charge in [0.15, 0.2) is 11.5 Å². The fraction of sp³-hybridized carbons (Fsp3) is 0.450. The van der Waals surface area contributed by atoms with E-state index in [4.69, 9.17) is 9.47 Å². The van der Waals surface area contributed by atoms with Crippen molar-refractivity contribution >= 4 is 0 Å². The lowest BCUT2D eigenvalue weighted by atomic mass is 10.2. The molecule has 0 amide bonds. The van der Waals surface area contributed by atoms with E-state index in [-0.39, 0.29) is 0 Å². The number of ether oxygens (including phenoxy) is 2. The Labute approximate surface area is 145 Å². The standard InChI is InChI=1S/C20H28N2O2/c1-4-5-6-12-24-20-13-17(9-10-19(20)23-3)14-21-15-18-16(2)8-7-11-22-18/h7-11,13,21H,4-6,12,14-15H2,1-3H3. The quantitative estimate of drug-likeness (QED) is 0.662. The van der Waals surface area contributed by atoms with Crippen LogP contribution in [-0.2, 0) is 13.1 Å². The maximum absolute atomic E-state index is 5.89. The number of pyridine rings is 1. The summed E-state index contributed by atoms with van der Waals surface area (Å²) in [7, 11) is 1.68. The van der Waals surface area contributed by atoms with Gasteiger partial charge in [-0.05, 0) is 42.7 Å². The zero-order chi connectivity index (χ0) is 17.2. The van der Waals surface area contributed by atoms with Gasteiger partial charge < -0.3 is 14.8 Å². The average molecular weight is 328 g/mol. The van der Waals surface area contributed by atoms with Crippen LogP contribution in [0, 0.1) is 6.92 Å². The van der Waals surface area contributed by atoms with E-state index in [1.807, 2.05) is 18.3 Å². The highest BCUT2D eigenvalue weighted by Gasteiger charge is 2.06. The molecule has 2 rings (SSSR count). The summed E-state index contributed by atoms with van der Waals surface area (Å²) in [6, 6.07) is 10.1. The molecular weight excluding hydrogens is 300 g/mol. The van der Waals surface area contributed by atoms with Gasteiger partial charge in [0.2, 0.25) is 0 Å². The summed E-state index contributed by atoms with van der Waals surface area (Å²) in [5.41, 5.74) is 3.47. The van der Waals surface area contributed by atoms with Gasteiger partial charge in [0.1, 0.15) is 0 Å². The van der Waals surface area contributed by atoms with Crippen LogP contribution >= 0.6 is 0 Å². The Kier molecular flexibility index (Phi) is 7.56. The molecule has 24 heavy (non-hydrogen) atoms. The van der Waals surface area contributed by atoms with Crippen molar-refractivity contribution in [3.8, 4) is 11.5 Å². The zero-order valence-electron chi connectivity index (χ0n) is 15.0. The van der Waals surface area contributed by atoms with Gasteiger partial charge in [0.05, 0.1) is 19.4 Å². The molecule has 4 heteroatoms. The van der Waals surface area contributed by atoms with Crippen LogP contribution in [0.1, 0.15) is 43.0 Å². The van der Waals surface area contributed by atoms with Crippen molar-refractivity contribution in [2.75, 3.05) is 13.7 Å². The third-order valence-corrected chi connectivity index (χ3v) is 3.97. The third-order valence-electron chi connectivity index (χ3n) is 3.97. The van der Waals surface area contributed by atoms with Crippen LogP contribution in [0.25, 0.3) is 0 Å². The zero-order valence-corrected chi connectivity index (χ0v) is 15.0. The molecule has 0 bridgehead atoms. The average Bonchev–Trinajstić information content (AvgIpc) is 2.60. The van der Waals surface area contributed by atoms with Crippen LogP contribution in [-0.4, -0.2) is 18.7 Å². The van der Waals surface area contributed by atoms with E-state index in [2.05, 4.69) is 42.3 Å². The van der Waals surface area contributed by atoms with E-state index in [0.29, 0.717) is 0 Å². The smallest absolute Gasteiger partial charge is 0.161 e. The van der Waals surface area contributed by atoms with E-state index in [0.717, 1.165) is 43.3 Å². The normalized spacial score (nSPS) is 10.6.